The molecular formula is C39H48FN7O5. The molecule has 2 amide bonds. The molecule has 3 unspecified atom stereocenters. The van der Waals surface area contributed by atoms with E-state index < -0.39 is 22.8 Å². The van der Waals surface area contributed by atoms with Crippen LogP contribution in [0.3, 0.4) is 0 Å². The summed E-state index contributed by atoms with van der Waals surface area (Å²) in [4.78, 5) is 44.6. The number of aliphatic hydroxyl groups is 1. The normalized spacial score (nSPS) is 19.2. The van der Waals surface area contributed by atoms with Crippen LogP contribution in [0, 0.1) is 17.7 Å². The number of aromatic nitrogens is 1. The molecule has 52 heavy (non-hydrogen) atoms. The summed E-state index contributed by atoms with van der Waals surface area (Å²) in [6.07, 6.45) is 7.51. The maximum atomic E-state index is 16.1. The summed E-state index contributed by atoms with van der Waals surface area (Å²) < 4.78 is 24.3. The Balaban J connectivity index is 0.000000715. The molecule has 3 aliphatic rings. The van der Waals surface area contributed by atoms with Crippen molar-refractivity contribution in [3.05, 3.63) is 70.3 Å². The van der Waals surface area contributed by atoms with Crippen LogP contribution in [0.4, 0.5) is 10.1 Å². The molecule has 12 nitrogen and oxygen atoms in total. The Labute approximate surface area is 302 Å². The Morgan fingerprint density at radius 2 is 1.85 bits per heavy atom. The second-order valence-corrected chi connectivity index (χ2v) is 14.7. The molecule has 1 saturated carbocycles. The van der Waals surface area contributed by atoms with Crippen LogP contribution in [0.2, 0.25) is 0 Å². The maximum absolute atomic E-state index is 16.1. The van der Waals surface area contributed by atoms with Gasteiger partial charge in [-0.1, -0.05) is 37.6 Å². The Hall–Kier alpha value is -5.17. The van der Waals surface area contributed by atoms with Crippen molar-refractivity contribution in [3.8, 4) is 17.2 Å². The monoisotopic (exact) mass is 713 g/mol. The van der Waals surface area contributed by atoms with E-state index in [1.165, 1.54) is 6.07 Å². The van der Waals surface area contributed by atoms with Gasteiger partial charge in [0.2, 0.25) is 11.8 Å². The fourth-order valence-electron chi connectivity index (χ4n) is 7.26. The minimum atomic E-state index is -0.631. The second-order valence-electron chi connectivity index (χ2n) is 14.7. The van der Waals surface area contributed by atoms with E-state index in [0.717, 1.165) is 42.9 Å². The zero-order valence-electron chi connectivity index (χ0n) is 30.0. The third-order valence-electron chi connectivity index (χ3n) is 10.4. The van der Waals surface area contributed by atoms with E-state index in [0.29, 0.717) is 61.9 Å². The van der Waals surface area contributed by atoms with Gasteiger partial charge >= 0.3 is 0 Å². The van der Waals surface area contributed by atoms with Gasteiger partial charge in [-0.25, -0.2) is 4.39 Å². The standard InChI is InChI=1S/C34H36FN7O4.C5H12O/c35-26-13-24-29-32(30(26)41-9-8-23(16-41)40-18-43)46-28-12-22-7-2-1-6-21(22)11-27(28)42(29)17-25(31(24)44)33(45)38-14-19-4-3-5-20(10-19)15-39-34(36)37;1-4-5(2,3)6/h1-2,6-7,11-13,17-20,23H,3-5,8-10,14-16H2,(H,38,45)(H,40,43)(H4,36,37,39);6H,4H2,1-3H3. The van der Waals surface area contributed by atoms with Gasteiger partial charge in [0.15, 0.2) is 23.3 Å². The fraction of sp³-hybridized carbons (Fsp3) is 0.436. The number of hydrogen-bond acceptors (Lipinski definition) is 7. The van der Waals surface area contributed by atoms with Crippen molar-refractivity contribution in [3.63, 3.8) is 0 Å². The van der Waals surface area contributed by atoms with Gasteiger partial charge in [0.1, 0.15) is 16.8 Å². The van der Waals surface area contributed by atoms with Crippen LogP contribution < -0.4 is 37.2 Å². The number of amides is 2. The number of fused-ring (bicyclic) bond motifs is 3. The van der Waals surface area contributed by atoms with Gasteiger partial charge < -0.3 is 41.4 Å². The van der Waals surface area contributed by atoms with Crippen molar-refractivity contribution in [1.29, 1.82) is 0 Å². The highest BCUT2D eigenvalue weighted by atomic mass is 19.1. The predicted molar refractivity (Wildman–Crippen MR) is 202 cm³/mol. The quantitative estimate of drug-likeness (QED) is 0.0830. The van der Waals surface area contributed by atoms with Crippen LogP contribution in [-0.2, 0) is 4.79 Å². The topological polar surface area (TPSA) is 177 Å². The second kappa shape index (κ2) is 15.2. The summed E-state index contributed by atoms with van der Waals surface area (Å²) in [5, 5.41) is 16.5. The molecule has 3 heterocycles. The number of benzene rings is 3. The van der Waals surface area contributed by atoms with Crippen LogP contribution >= 0.6 is 0 Å². The van der Waals surface area contributed by atoms with Gasteiger partial charge in [0, 0.05) is 38.4 Å². The van der Waals surface area contributed by atoms with Crippen LogP contribution in [0.25, 0.3) is 27.4 Å². The van der Waals surface area contributed by atoms with E-state index >= 15 is 4.39 Å². The molecule has 2 fully saturated rings. The number of guanidine groups is 1. The summed E-state index contributed by atoms with van der Waals surface area (Å²) in [6, 6.07) is 12.7. The first-order valence-corrected chi connectivity index (χ1v) is 18.0. The number of aliphatic imine (C=N–C) groups is 1. The highest BCUT2D eigenvalue weighted by Gasteiger charge is 2.34. The van der Waals surface area contributed by atoms with Gasteiger partial charge in [0.25, 0.3) is 5.91 Å². The molecule has 0 spiro atoms. The van der Waals surface area contributed by atoms with Crippen molar-refractivity contribution < 1.29 is 23.8 Å². The summed E-state index contributed by atoms with van der Waals surface area (Å²) in [7, 11) is 0. The average Bonchev–Trinajstić information content (AvgIpc) is 3.58. The van der Waals surface area contributed by atoms with Gasteiger partial charge in [-0.15, -0.1) is 0 Å². The van der Waals surface area contributed by atoms with E-state index in [2.05, 4.69) is 15.6 Å². The minimum absolute atomic E-state index is 0.0550. The molecule has 7 N–H and O–H groups in total. The molecule has 4 aromatic rings. The van der Waals surface area contributed by atoms with E-state index in [1.54, 1.807) is 24.6 Å². The van der Waals surface area contributed by atoms with Crippen LogP contribution in [0.1, 0.15) is 69.7 Å². The number of hydrogen-bond donors (Lipinski definition) is 5. The number of carbonyl (C=O) groups excluding carboxylic acids is 2. The fourth-order valence-corrected chi connectivity index (χ4v) is 7.26. The van der Waals surface area contributed by atoms with E-state index in [-0.39, 0.29) is 40.3 Å². The SMILES string of the molecule is CCC(C)(C)O.NC(N)=NCC1CCCC(CNC(=O)c2cn3c4c(c(N5CCC(NC=O)C5)c(F)cc4c2=O)Oc2cc4ccccc4cc2-3)C1. The van der Waals surface area contributed by atoms with E-state index in [9.17, 15) is 14.4 Å². The van der Waals surface area contributed by atoms with Gasteiger partial charge in [0.05, 0.1) is 16.7 Å². The number of nitrogens with one attached hydrogen (secondary N) is 2. The van der Waals surface area contributed by atoms with Gasteiger partial charge in [-0.3, -0.25) is 19.4 Å². The number of carbonyl (C=O) groups is 2. The Morgan fingerprint density at radius 3 is 2.54 bits per heavy atom. The van der Waals surface area contributed by atoms with Crippen molar-refractivity contribution in [2.24, 2.45) is 28.3 Å². The maximum Gasteiger partial charge on any atom is 0.256 e. The summed E-state index contributed by atoms with van der Waals surface area (Å²) >= 11 is 0. The Bertz CT molecular complexity index is 2070. The lowest BCUT2D eigenvalue weighted by Crippen LogP contribution is -2.35. The molecular weight excluding hydrogens is 665 g/mol. The number of rotatable bonds is 9. The molecule has 0 bridgehead atoms. The first kappa shape index (κ1) is 36.6. The van der Waals surface area contributed by atoms with Gasteiger partial charge in [-0.05, 0) is 86.8 Å². The predicted octanol–water partition coefficient (Wildman–Crippen LogP) is 4.69. The molecule has 2 aliphatic heterocycles. The molecule has 3 aromatic carbocycles. The van der Waals surface area contributed by atoms with Crippen LogP contribution in [0.5, 0.6) is 11.5 Å². The first-order chi connectivity index (χ1) is 24.9. The molecule has 13 heteroatoms. The van der Waals surface area contributed by atoms with Crippen molar-refractivity contribution in [1.82, 2.24) is 15.2 Å². The van der Waals surface area contributed by atoms with E-state index in [4.69, 9.17) is 21.3 Å². The summed E-state index contributed by atoms with van der Waals surface area (Å²) in [5.74, 6) is 0.173. The molecule has 1 aliphatic carbocycles. The van der Waals surface area contributed by atoms with Crippen molar-refractivity contribution in [2.45, 2.75) is 70.9 Å². The third kappa shape index (κ3) is 7.84. The first-order valence-electron chi connectivity index (χ1n) is 18.0. The summed E-state index contributed by atoms with van der Waals surface area (Å²) in [5.41, 5.74) is 11.2. The van der Waals surface area contributed by atoms with Crippen LogP contribution in [0.15, 0.2) is 58.4 Å². The number of pyridine rings is 1. The lowest BCUT2D eigenvalue weighted by Gasteiger charge is -2.30. The van der Waals surface area contributed by atoms with Gasteiger partial charge in [-0.2, -0.15) is 0 Å². The average molecular weight is 714 g/mol. The zero-order chi connectivity index (χ0) is 37.2. The Kier molecular flexibility index (Phi) is 10.7. The number of nitrogens with two attached hydrogens (primary N) is 2. The minimum Gasteiger partial charge on any atom is -0.451 e. The van der Waals surface area contributed by atoms with Crippen molar-refractivity contribution >= 4 is 45.6 Å². The Morgan fingerprint density at radius 1 is 1.13 bits per heavy atom. The third-order valence-corrected chi connectivity index (χ3v) is 10.4. The molecule has 3 atom stereocenters. The lowest BCUT2D eigenvalue weighted by atomic mass is 9.81. The van der Waals surface area contributed by atoms with E-state index in [1.807, 2.05) is 48.2 Å². The zero-order valence-corrected chi connectivity index (χ0v) is 30.0. The number of anilines is 1. The number of ether oxygens (including phenoxy) is 1. The molecule has 1 saturated heterocycles. The molecule has 0 radical (unpaired) electrons. The smallest absolute Gasteiger partial charge is 0.256 e. The van der Waals surface area contributed by atoms with Crippen LogP contribution in [-0.4, -0.2) is 65.8 Å². The number of halogens is 1. The summed E-state index contributed by atoms with van der Waals surface area (Å²) in [6.45, 7) is 7.40. The lowest BCUT2D eigenvalue weighted by molar-refractivity contribution is -0.110. The van der Waals surface area contributed by atoms with Crippen molar-refractivity contribution in [2.75, 3.05) is 31.1 Å². The molecule has 7 rings (SSSR count). The molecule has 1 aromatic heterocycles. The molecule has 276 valence electrons. The number of nitrogens with zero attached hydrogens (tertiary/aromatic N) is 3. The highest BCUT2D eigenvalue weighted by Crippen LogP contribution is 2.48. The largest absolute Gasteiger partial charge is 0.451 e. The highest BCUT2D eigenvalue weighted by molar-refractivity contribution is 6.02.